The number of hydrogen-bond donors (Lipinski definition) is 3. The number of aliphatic hydroxyl groups is 2. The second kappa shape index (κ2) is 5.81. The Labute approximate surface area is 110 Å². The van der Waals surface area contributed by atoms with E-state index in [0.29, 0.717) is 11.2 Å². The molecule has 2 unspecified atom stereocenters. The number of aromatic nitrogens is 2. The molecule has 0 bridgehead atoms. The lowest BCUT2D eigenvalue weighted by molar-refractivity contribution is -0.147. The fourth-order valence-corrected chi connectivity index (χ4v) is 1.84. The van der Waals surface area contributed by atoms with Gasteiger partial charge in [-0.05, 0) is 19.1 Å². The quantitative estimate of drug-likeness (QED) is 0.698. The Kier molecular flexibility index (Phi) is 4.13. The van der Waals surface area contributed by atoms with Gasteiger partial charge in [0.15, 0.2) is 0 Å². The van der Waals surface area contributed by atoms with Gasteiger partial charge in [0.2, 0.25) is 0 Å². The molecule has 2 aromatic heterocycles. The van der Waals surface area contributed by atoms with E-state index in [1.807, 2.05) is 6.07 Å². The Balaban J connectivity index is 2.09. The van der Waals surface area contributed by atoms with Gasteiger partial charge < -0.3 is 19.9 Å². The molecule has 0 fully saturated rings. The van der Waals surface area contributed by atoms with Crippen molar-refractivity contribution in [3.63, 3.8) is 0 Å². The number of aromatic amines is 1. The Hall–Kier alpha value is -1.92. The Morgan fingerprint density at radius 1 is 1.53 bits per heavy atom. The van der Waals surface area contributed by atoms with E-state index in [1.54, 1.807) is 19.2 Å². The number of pyridine rings is 1. The zero-order valence-corrected chi connectivity index (χ0v) is 10.5. The molecular weight excluding hydrogens is 248 g/mol. The van der Waals surface area contributed by atoms with Crippen LogP contribution in [0.2, 0.25) is 0 Å². The Bertz CT molecular complexity index is 567. The molecule has 0 aliphatic rings. The molecule has 0 spiro atoms. The molecule has 0 aromatic carbocycles. The van der Waals surface area contributed by atoms with Gasteiger partial charge in [-0.3, -0.25) is 4.79 Å². The fraction of sp³-hybridized carbons (Fsp3) is 0.385. The number of rotatable bonds is 5. The third kappa shape index (κ3) is 3.10. The third-order valence-corrected chi connectivity index (χ3v) is 2.81. The molecule has 2 aromatic rings. The lowest BCUT2D eigenvalue weighted by atomic mass is 10.0. The molecule has 3 N–H and O–H groups in total. The zero-order chi connectivity index (χ0) is 13.8. The van der Waals surface area contributed by atoms with Crippen LogP contribution in [0.1, 0.15) is 25.0 Å². The van der Waals surface area contributed by atoms with Crippen molar-refractivity contribution in [3.8, 4) is 0 Å². The van der Waals surface area contributed by atoms with E-state index < -0.39 is 18.2 Å². The summed E-state index contributed by atoms with van der Waals surface area (Å²) in [7, 11) is 0. The molecule has 6 heteroatoms. The monoisotopic (exact) mass is 264 g/mol. The number of hydrogen-bond acceptors (Lipinski definition) is 5. The number of carbonyl (C=O) groups is 1. The van der Waals surface area contributed by atoms with Crippen LogP contribution in [0.15, 0.2) is 24.5 Å². The predicted octanol–water partition coefficient (Wildman–Crippen LogP) is 0.910. The first-order chi connectivity index (χ1) is 9.11. The molecule has 0 saturated heterocycles. The molecule has 0 radical (unpaired) electrons. The van der Waals surface area contributed by atoms with Crippen molar-refractivity contribution in [3.05, 3.63) is 30.1 Å². The lowest BCUT2D eigenvalue weighted by Crippen LogP contribution is -2.23. The maximum atomic E-state index is 11.2. The van der Waals surface area contributed by atoms with Crippen LogP contribution in [-0.4, -0.2) is 38.9 Å². The molecule has 6 nitrogen and oxygen atoms in total. The van der Waals surface area contributed by atoms with Crippen molar-refractivity contribution in [2.45, 2.75) is 25.6 Å². The van der Waals surface area contributed by atoms with Crippen LogP contribution in [0.5, 0.6) is 0 Å². The second-order valence-corrected chi connectivity index (χ2v) is 4.21. The van der Waals surface area contributed by atoms with Crippen molar-refractivity contribution in [1.82, 2.24) is 9.97 Å². The van der Waals surface area contributed by atoms with Gasteiger partial charge in [-0.15, -0.1) is 0 Å². The number of fused-ring (bicyclic) bond motifs is 1. The van der Waals surface area contributed by atoms with E-state index in [0.717, 1.165) is 5.39 Å². The second-order valence-electron chi connectivity index (χ2n) is 4.21. The summed E-state index contributed by atoms with van der Waals surface area (Å²) in [6, 6.07) is 3.54. The number of carbonyl (C=O) groups excluding carboxylic acids is 1. The molecule has 0 amide bonds. The summed E-state index contributed by atoms with van der Waals surface area (Å²) in [5.74, 6) is -0.537. The Morgan fingerprint density at radius 2 is 2.32 bits per heavy atom. The van der Waals surface area contributed by atoms with Gasteiger partial charge in [0.1, 0.15) is 11.8 Å². The van der Waals surface area contributed by atoms with Crippen molar-refractivity contribution < 1.29 is 19.7 Å². The molecule has 102 valence electrons. The van der Waals surface area contributed by atoms with Crippen LogP contribution in [-0.2, 0) is 9.53 Å². The highest BCUT2D eigenvalue weighted by Crippen LogP contribution is 2.21. The van der Waals surface area contributed by atoms with Gasteiger partial charge in [0, 0.05) is 23.3 Å². The molecule has 2 heterocycles. The number of nitrogens with zero attached hydrogens (tertiary/aromatic N) is 1. The van der Waals surface area contributed by atoms with Gasteiger partial charge in [-0.1, -0.05) is 0 Å². The summed E-state index contributed by atoms with van der Waals surface area (Å²) in [5.41, 5.74) is 1.17. The van der Waals surface area contributed by atoms with Gasteiger partial charge in [0.25, 0.3) is 0 Å². The van der Waals surface area contributed by atoms with Crippen LogP contribution >= 0.6 is 0 Å². The summed E-state index contributed by atoms with van der Waals surface area (Å²) in [6.07, 6.45) is 0.578. The topological polar surface area (TPSA) is 95.4 Å². The van der Waals surface area contributed by atoms with E-state index >= 15 is 0 Å². The maximum Gasteiger partial charge on any atom is 0.308 e. The lowest BCUT2D eigenvalue weighted by Gasteiger charge is -2.17. The van der Waals surface area contributed by atoms with Crippen LogP contribution in [0.4, 0.5) is 0 Å². The summed E-state index contributed by atoms with van der Waals surface area (Å²) in [5, 5.41) is 20.6. The van der Waals surface area contributed by atoms with Gasteiger partial charge in [-0.25, -0.2) is 4.98 Å². The third-order valence-electron chi connectivity index (χ3n) is 2.81. The molecule has 0 saturated carbocycles. The smallest absolute Gasteiger partial charge is 0.308 e. The average Bonchev–Trinajstić information content (AvgIpc) is 2.85. The molecule has 2 atom stereocenters. The minimum absolute atomic E-state index is 0.249. The van der Waals surface area contributed by atoms with Crippen LogP contribution in [0.3, 0.4) is 0 Å². The SMILES string of the molecule is CCOC(=O)CC(O)C(O)c1cnc2[nH]ccc2c1. The summed E-state index contributed by atoms with van der Waals surface area (Å²) < 4.78 is 4.73. The fourth-order valence-electron chi connectivity index (χ4n) is 1.84. The van der Waals surface area contributed by atoms with Crippen molar-refractivity contribution in [1.29, 1.82) is 0 Å². The predicted molar refractivity (Wildman–Crippen MR) is 68.3 cm³/mol. The highest BCUT2D eigenvalue weighted by Gasteiger charge is 2.22. The highest BCUT2D eigenvalue weighted by molar-refractivity contribution is 5.75. The molecule has 0 aliphatic heterocycles. The van der Waals surface area contributed by atoms with E-state index in [9.17, 15) is 15.0 Å². The zero-order valence-electron chi connectivity index (χ0n) is 10.5. The van der Waals surface area contributed by atoms with Crippen molar-refractivity contribution >= 4 is 17.0 Å². The van der Waals surface area contributed by atoms with E-state index in [-0.39, 0.29) is 13.0 Å². The molecular formula is C13H16N2O4. The number of ether oxygens (including phenoxy) is 1. The Morgan fingerprint density at radius 3 is 3.05 bits per heavy atom. The van der Waals surface area contributed by atoms with Crippen LogP contribution in [0, 0.1) is 0 Å². The van der Waals surface area contributed by atoms with Gasteiger partial charge >= 0.3 is 5.97 Å². The summed E-state index contributed by atoms with van der Waals surface area (Å²) in [6.45, 7) is 1.93. The minimum Gasteiger partial charge on any atom is -0.466 e. The first kappa shape index (κ1) is 13.5. The molecule has 2 rings (SSSR count). The summed E-state index contributed by atoms with van der Waals surface area (Å²) >= 11 is 0. The number of aliphatic hydroxyl groups excluding tert-OH is 2. The number of H-pyrrole nitrogens is 1. The van der Waals surface area contributed by atoms with E-state index in [2.05, 4.69) is 9.97 Å². The van der Waals surface area contributed by atoms with E-state index in [1.165, 1.54) is 6.20 Å². The molecule has 19 heavy (non-hydrogen) atoms. The highest BCUT2D eigenvalue weighted by atomic mass is 16.5. The number of nitrogens with one attached hydrogen (secondary N) is 1. The number of esters is 1. The largest absolute Gasteiger partial charge is 0.466 e. The normalized spacial score (nSPS) is 14.3. The maximum absolute atomic E-state index is 11.2. The first-order valence-corrected chi connectivity index (χ1v) is 6.06. The van der Waals surface area contributed by atoms with Crippen LogP contribution in [0.25, 0.3) is 11.0 Å². The van der Waals surface area contributed by atoms with Gasteiger partial charge in [0.05, 0.1) is 19.1 Å². The van der Waals surface area contributed by atoms with Crippen LogP contribution < -0.4 is 0 Å². The first-order valence-electron chi connectivity index (χ1n) is 6.06. The van der Waals surface area contributed by atoms with Crippen molar-refractivity contribution in [2.75, 3.05) is 6.61 Å². The van der Waals surface area contributed by atoms with Crippen molar-refractivity contribution in [2.24, 2.45) is 0 Å². The van der Waals surface area contributed by atoms with E-state index in [4.69, 9.17) is 4.74 Å². The molecule has 0 aliphatic carbocycles. The minimum atomic E-state index is -1.21. The standard InChI is InChI=1S/C13H16N2O4/c1-2-19-11(17)6-10(16)12(18)9-5-8-3-4-14-13(8)15-7-9/h3-5,7,10,12,16,18H,2,6H2,1H3,(H,14,15). The average molecular weight is 264 g/mol. The summed E-state index contributed by atoms with van der Waals surface area (Å²) in [4.78, 5) is 18.3. The van der Waals surface area contributed by atoms with Gasteiger partial charge in [-0.2, -0.15) is 0 Å².